The van der Waals surface area contributed by atoms with Crippen LogP contribution >= 0.6 is 11.8 Å². The minimum Gasteiger partial charge on any atom is -0.381 e. The summed E-state index contributed by atoms with van der Waals surface area (Å²) in [6.45, 7) is 4.32. The maximum atomic E-state index is 5.81. The zero-order valence-corrected chi connectivity index (χ0v) is 12.9. The molecule has 0 bridgehead atoms. The second-order valence-electron chi connectivity index (χ2n) is 4.45. The lowest BCUT2D eigenvalue weighted by Crippen LogP contribution is -2.39. The minimum atomic E-state index is 0.396. The molecule has 0 saturated carbocycles. The highest BCUT2D eigenvalue weighted by Crippen LogP contribution is 2.10. The van der Waals surface area contributed by atoms with Crippen molar-refractivity contribution in [2.75, 3.05) is 52.0 Å². The Morgan fingerprint density at radius 2 is 2.05 bits per heavy atom. The lowest BCUT2D eigenvalue weighted by molar-refractivity contribution is -0.0320. The molecule has 0 aliphatic carbocycles. The van der Waals surface area contributed by atoms with Gasteiger partial charge in [-0.05, 0) is 25.5 Å². The number of guanidine groups is 1. The van der Waals surface area contributed by atoms with E-state index in [1.54, 1.807) is 7.05 Å². The number of nitrogens with zero attached hydrogens (tertiary/aromatic N) is 1. The smallest absolute Gasteiger partial charge is 0.191 e. The predicted molar refractivity (Wildman–Crippen MR) is 82.2 cm³/mol. The van der Waals surface area contributed by atoms with Gasteiger partial charge in [-0.2, -0.15) is 11.8 Å². The lowest BCUT2D eigenvalue weighted by Gasteiger charge is -2.22. The van der Waals surface area contributed by atoms with E-state index in [0.29, 0.717) is 6.10 Å². The van der Waals surface area contributed by atoms with Crippen molar-refractivity contribution in [1.82, 2.24) is 10.6 Å². The molecule has 0 aromatic rings. The Morgan fingerprint density at radius 3 is 2.74 bits per heavy atom. The number of hydrogen-bond donors (Lipinski definition) is 2. The molecule has 1 fully saturated rings. The van der Waals surface area contributed by atoms with Gasteiger partial charge in [-0.15, -0.1) is 0 Å². The highest BCUT2D eigenvalue weighted by Gasteiger charge is 2.13. The SMILES string of the molecule is CN=C(NCCCOC1CCOCC1)NCCSC. The van der Waals surface area contributed by atoms with Crippen molar-refractivity contribution in [3.8, 4) is 0 Å². The van der Waals surface area contributed by atoms with E-state index in [1.165, 1.54) is 0 Å². The number of rotatable bonds is 8. The van der Waals surface area contributed by atoms with E-state index < -0.39 is 0 Å². The van der Waals surface area contributed by atoms with Crippen LogP contribution in [0, 0.1) is 0 Å². The molecular weight excluding hydrogens is 262 g/mol. The molecule has 0 unspecified atom stereocenters. The van der Waals surface area contributed by atoms with Crippen molar-refractivity contribution in [2.24, 2.45) is 4.99 Å². The summed E-state index contributed by atoms with van der Waals surface area (Å²) in [7, 11) is 1.80. The predicted octanol–water partition coefficient (Wildman–Crippen LogP) is 1.10. The number of ether oxygens (including phenoxy) is 2. The van der Waals surface area contributed by atoms with Crippen molar-refractivity contribution >= 4 is 17.7 Å². The molecule has 2 N–H and O–H groups in total. The van der Waals surface area contributed by atoms with Crippen molar-refractivity contribution in [3.05, 3.63) is 0 Å². The van der Waals surface area contributed by atoms with E-state index in [9.17, 15) is 0 Å². The molecule has 0 atom stereocenters. The quantitative estimate of drug-likeness (QED) is 0.398. The first-order chi connectivity index (χ1) is 9.36. The van der Waals surface area contributed by atoms with Crippen LogP contribution in [0.5, 0.6) is 0 Å². The number of nitrogens with one attached hydrogen (secondary N) is 2. The summed E-state index contributed by atoms with van der Waals surface area (Å²) >= 11 is 1.83. The van der Waals surface area contributed by atoms with Crippen LogP contribution in [0.2, 0.25) is 0 Å². The van der Waals surface area contributed by atoms with Crippen LogP contribution in [-0.2, 0) is 9.47 Å². The molecule has 1 aliphatic heterocycles. The Kier molecular flexibility index (Phi) is 9.93. The minimum absolute atomic E-state index is 0.396. The van der Waals surface area contributed by atoms with Gasteiger partial charge in [-0.1, -0.05) is 0 Å². The van der Waals surface area contributed by atoms with E-state index in [1.807, 2.05) is 11.8 Å². The molecule has 5 nitrogen and oxygen atoms in total. The molecule has 1 aliphatic rings. The summed E-state index contributed by atoms with van der Waals surface area (Å²) in [5, 5.41) is 6.56. The van der Waals surface area contributed by atoms with Crippen molar-refractivity contribution in [1.29, 1.82) is 0 Å². The monoisotopic (exact) mass is 289 g/mol. The van der Waals surface area contributed by atoms with Crippen LogP contribution in [0.25, 0.3) is 0 Å². The van der Waals surface area contributed by atoms with E-state index >= 15 is 0 Å². The number of aliphatic imine (C=N–C) groups is 1. The van der Waals surface area contributed by atoms with Crippen molar-refractivity contribution in [3.63, 3.8) is 0 Å². The summed E-state index contributed by atoms with van der Waals surface area (Å²) in [6.07, 6.45) is 5.57. The molecule has 0 radical (unpaired) electrons. The van der Waals surface area contributed by atoms with Crippen molar-refractivity contribution < 1.29 is 9.47 Å². The Balaban J connectivity index is 1.96. The second kappa shape index (κ2) is 11.4. The van der Waals surface area contributed by atoms with Gasteiger partial charge in [0, 0.05) is 45.7 Å². The van der Waals surface area contributed by atoms with E-state index in [2.05, 4.69) is 21.9 Å². The van der Waals surface area contributed by atoms with Gasteiger partial charge in [-0.3, -0.25) is 4.99 Å². The standard InChI is InChI=1S/C13H27N3O2S/c1-14-13(16-7-11-19-2)15-6-3-8-18-12-4-9-17-10-5-12/h12H,3-11H2,1-2H3,(H2,14,15,16). The normalized spacial score (nSPS) is 17.5. The van der Waals surface area contributed by atoms with Gasteiger partial charge < -0.3 is 20.1 Å². The van der Waals surface area contributed by atoms with Crippen LogP contribution in [0.4, 0.5) is 0 Å². The average Bonchev–Trinajstić information content (AvgIpc) is 2.46. The van der Waals surface area contributed by atoms with Gasteiger partial charge in [0.15, 0.2) is 5.96 Å². The third-order valence-electron chi connectivity index (χ3n) is 2.96. The zero-order valence-electron chi connectivity index (χ0n) is 12.1. The molecule has 0 aromatic heterocycles. The van der Waals surface area contributed by atoms with Gasteiger partial charge in [0.1, 0.15) is 0 Å². The van der Waals surface area contributed by atoms with Crippen LogP contribution < -0.4 is 10.6 Å². The fourth-order valence-electron chi connectivity index (χ4n) is 1.86. The lowest BCUT2D eigenvalue weighted by atomic mass is 10.1. The van der Waals surface area contributed by atoms with Crippen LogP contribution in [0.3, 0.4) is 0 Å². The Labute approximate surface area is 120 Å². The van der Waals surface area contributed by atoms with Crippen LogP contribution in [-0.4, -0.2) is 64.0 Å². The third-order valence-corrected chi connectivity index (χ3v) is 3.57. The molecule has 1 saturated heterocycles. The first-order valence-corrected chi connectivity index (χ1v) is 8.39. The Hall–Kier alpha value is -0.460. The highest BCUT2D eigenvalue weighted by molar-refractivity contribution is 7.98. The topological polar surface area (TPSA) is 54.9 Å². The van der Waals surface area contributed by atoms with Gasteiger partial charge in [-0.25, -0.2) is 0 Å². The number of thioether (sulfide) groups is 1. The van der Waals surface area contributed by atoms with Crippen LogP contribution in [0.1, 0.15) is 19.3 Å². The Bertz CT molecular complexity index is 246. The molecule has 0 spiro atoms. The second-order valence-corrected chi connectivity index (χ2v) is 5.44. The molecule has 1 rings (SSSR count). The summed E-state index contributed by atoms with van der Waals surface area (Å²) in [5.74, 6) is 1.97. The largest absolute Gasteiger partial charge is 0.381 e. The van der Waals surface area contributed by atoms with Gasteiger partial charge in [0.25, 0.3) is 0 Å². The number of hydrogen-bond acceptors (Lipinski definition) is 4. The van der Waals surface area contributed by atoms with E-state index in [4.69, 9.17) is 9.47 Å². The molecule has 0 amide bonds. The average molecular weight is 289 g/mol. The summed E-state index contributed by atoms with van der Waals surface area (Å²) in [5.41, 5.74) is 0. The summed E-state index contributed by atoms with van der Waals surface area (Å²) in [6, 6.07) is 0. The maximum absolute atomic E-state index is 5.81. The molecular formula is C13H27N3O2S. The molecule has 19 heavy (non-hydrogen) atoms. The summed E-state index contributed by atoms with van der Waals surface area (Å²) < 4.78 is 11.1. The van der Waals surface area contributed by atoms with Gasteiger partial charge in [0.2, 0.25) is 0 Å². The van der Waals surface area contributed by atoms with Crippen LogP contribution in [0.15, 0.2) is 4.99 Å². The van der Waals surface area contributed by atoms with E-state index in [-0.39, 0.29) is 0 Å². The first kappa shape index (κ1) is 16.6. The third kappa shape index (κ3) is 8.34. The van der Waals surface area contributed by atoms with Gasteiger partial charge >= 0.3 is 0 Å². The van der Waals surface area contributed by atoms with Gasteiger partial charge in [0.05, 0.1) is 6.10 Å². The van der Waals surface area contributed by atoms with E-state index in [0.717, 1.165) is 63.9 Å². The fourth-order valence-corrected chi connectivity index (χ4v) is 2.17. The molecule has 0 aromatic carbocycles. The molecule has 1 heterocycles. The fraction of sp³-hybridized carbons (Fsp3) is 0.923. The zero-order chi connectivity index (χ0) is 13.8. The molecule has 112 valence electrons. The Morgan fingerprint density at radius 1 is 1.32 bits per heavy atom. The summed E-state index contributed by atoms with van der Waals surface area (Å²) in [4.78, 5) is 4.18. The first-order valence-electron chi connectivity index (χ1n) is 6.99. The highest BCUT2D eigenvalue weighted by atomic mass is 32.2. The van der Waals surface area contributed by atoms with Crippen molar-refractivity contribution in [2.45, 2.75) is 25.4 Å². The molecule has 6 heteroatoms. The maximum Gasteiger partial charge on any atom is 0.191 e.